The lowest BCUT2D eigenvalue weighted by Gasteiger charge is -2.30. The predicted molar refractivity (Wildman–Crippen MR) is 115 cm³/mol. The summed E-state index contributed by atoms with van der Waals surface area (Å²) < 4.78 is 1.89. The summed E-state index contributed by atoms with van der Waals surface area (Å²) in [5, 5.41) is 13.2. The number of likely N-dealkylation sites (tertiary alicyclic amines) is 1. The molecule has 1 fully saturated rings. The highest BCUT2D eigenvalue weighted by atomic mass is 15.3. The summed E-state index contributed by atoms with van der Waals surface area (Å²) in [5.74, 6) is 1.35. The van der Waals surface area contributed by atoms with Gasteiger partial charge in [-0.25, -0.2) is 15.0 Å². The molecular weight excluding hydrogens is 376 g/mol. The average Bonchev–Trinajstić information content (AvgIpc) is 3.35. The smallest absolute Gasteiger partial charge is 0.163 e. The van der Waals surface area contributed by atoms with E-state index in [1.54, 1.807) is 6.20 Å². The largest absolute Gasteiger partial charge is 0.296 e. The summed E-state index contributed by atoms with van der Waals surface area (Å²) in [6.07, 6.45) is 5.86. The van der Waals surface area contributed by atoms with E-state index < -0.39 is 0 Å². The summed E-state index contributed by atoms with van der Waals surface area (Å²) in [6.45, 7) is 6.91. The van der Waals surface area contributed by atoms with Crippen LogP contribution in [0.15, 0.2) is 30.6 Å². The maximum Gasteiger partial charge on any atom is 0.163 e. The van der Waals surface area contributed by atoms with Gasteiger partial charge < -0.3 is 0 Å². The summed E-state index contributed by atoms with van der Waals surface area (Å²) in [7, 11) is 1.96. The second-order valence-corrected chi connectivity index (χ2v) is 8.16. The van der Waals surface area contributed by atoms with E-state index in [2.05, 4.69) is 43.2 Å². The molecule has 0 saturated carbocycles. The van der Waals surface area contributed by atoms with Crippen LogP contribution >= 0.6 is 0 Å². The minimum absolute atomic E-state index is 0.497. The van der Waals surface area contributed by atoms with Crippen molar-refractivity contribution in [3.8, 4) is 11.4 Å². The lowest BCUT2D eigenvalue weighted by Crippen LogP contribution is -2.33. The maximum atomic E-state index is 4.70. The SMILES string of the molecule is Cc1cnn(C)c1-c1cc(C2CCN(Cc3nc(C)c4cccnc4n3)CC2)[nH]n1. The van der Waals surface area contributed by atoms with Crippen molar-refractivity contribution in [2.45, 2.75) is 39.2 Å². The van der Waals surface area contributed by atoms with Crippen molar-refractivity contribution in [3.63, 3.8) is 0 Å². The van der Waals surface area contributed by atoms with E-state index in [1.807, 2.05) is 37.0 Å². The third-order valence-corrected chi connectivity index (χ3v) is 6.06. The van der Waals surface area contributed by atoms with E-state index in [1.165, 1.54) is 5.69 Å². The van der Waals surface area contributed by atoms with Crippen LogP contribution < -0.4 is 0 Å². The Morgan fingerprint density at radius 1 is 1.17 bits per heavy atom. The van der Waals surface area contributed by atoms with Gasteiger partial charge in [0.1, 0.15) is 11.5 Å². The Kier molecular flexibility index (Phi) is 4.78. The zero-order valence-corrected chi connectivity index (χ0v) is 17.6. The lowest BCUT2D eigenvalue weighted by atomic mass is 9.93. The van der Waals surface area contributed by atoms with E-state index in [0.717, 1.165) is 72.0 Å². The zero-order valence-electron chi connectivity index (χ0n) is 17.6. The molecule has 0 unspecified atom stereocenters. The van der Waals surface area contributed by atoms with Crippen LogP contribution in [-0.2, 0) is 13.6 Å². The van der Waals surface area contributed by atoms with Crippen LogP contribution in [0.3, 0.4) is 0 Å². The molecule has 4 aromatic heterocycles. The molecule has 0 spiro atoms. The van der Waals surface area contributed by atoms with Crippen molar-refractivity contribution in [2.24, 2.45) is 7.05 Å². The van der Waals surface area contributed by atoms with Gasteiger partial charge in [0.15, 0.2) is 5.65 Å². The van der Waals surface area contributed by atoms with Gasteiger partial charge in [0.05, 0.1) is 24.1 Å². The molecule has 0 radical (unpaired) electrons. The second kappa shape index (κ2) is 7.60. The summed E-state index contributed by atoms with van der Waals surface area (Å²) in [5.41, 5.74) is 6.18. The van der Waals surface area contributed by atoms with Gasteiger partial charge >= 0.3 is 0 Å². The third-order valence-electron chi connectivity index (χ3n) is 6.06. The highest BCUT2D eigenvalue weighted by Gasteiger charge is 2.24. The van der Waals surface area contributed by atoms with Crippen LogP contribution in [0.5, 0.6) is 0 Å². The minimum Gasteiger partial charge on any atom is -0.296 e. The molecule has 5 heterocycles. The van der Waals surface area contributed by atoms with Crippen molar-refractivity contribution >= 4 is 11.0 Å². The van der Waals surface area contributed by atoms with Crippen molar-refractivity contribution in [1.29, 1.82) is 0 Å². The number of rotatable bonds is 4. The van der Waals surface area contributed by atoms with Crippen LogP contribution in [0.1, 0.15) is 41.5 Å². The Balaban J connectivity index is 1.25. The summed E-state index contributed by atoms with van der Waals surface area (Å²) >= 11 is 0. The molecule has 30 heavy (non-hydrogen) atoms. The Morgan fingerprint density at radius 2 is 2.00 bits per heavy atom. The molecule has 1 aliphatic rings. The number of hydrogen-bond donors (Lipinski definition) is 1. The first-order valence-electron chi connectivity index (χ1n) is 10.4. The highest BCUT2D eigenvalue weighted by molar-refractivity contribution is 5.76. The Morgan fingerprint density at radius 3 is 2.77 bits per heavy atom. The fourth-order valence-corrected chi connectivity index (χ4v) is 4.42. The van der Waals surface area contributed by atoms with Gasteiger partial charge in [-0.2, -0.15) is 10.2 Å². The fraction of sp³-hybridized carbons (Fsp3) is 0.409. The Hall–Kier alpha value is -3.13. The molecule has 4 aromatic rings. The Bertz CT molecular complexity index is 1160. The van der Waals surface area contributed by atoms with Gasteiger partial charge in [-0.1, -0.05) is 0 Å². The van der Waals surface area contributed by atoms with Crippen LogP contribution in [0.25, 0.3) is 22.4 Å². The monoisotopic (exact) mass is 402 g/mol. The molecule has 1 N–H and O–H groups in total. The summed E-state index contributed by atoms with van der Waals surface area (Å²) in [6, 6.07) is 6.14. The standard InChI is InChI=1S/C22H26N8/c1-14-12-24-29(3)21(14)19-11-18(27-28-19)16-6-9-30(10-7-16)13-20-25-15(2)17-5-4-8-23-22(17)26-20/h4-5,8,11-12,16H,6-7,9-10,13H2,1-3H3,(H,27,28). The molecular formula is C22H26N8. The number of nitrogens with one attached hydrogen (secondary N) is 1. The number of fused-ring (bicyclic) bond motifs is 1. The van der Waals surface area contributed by atoms with E-state index >= 15 is 0 Å². The fourth-order valence-electron chi connectivity index (χ4n) is 4.42. The number of aryl methyl sites for hydroxylation is 3. The Labute approximate surface area is 175 Å². The van der Waals surface area contributed by atoms with E-state index in [4.69, 9.17) is 4.98 Å². The van der Waals surface area contributed by atoms with Gasteiger partial charge in [-0.15, -0.1) is 0 Å². The normalized spacial score (nSPS) is 15.8. The van der Waals surface area contributed by atoms with Gasteiger partial charge in [0.25, 0.3) is 0 Å². The molecule has 1 saturated heterocycles. The van der Waals surface area contributed by atoms with Crippen LogP contribution in [0, 0.1) is 13.8 Å². The number of aromatic amines is 1. The number of H-pyrrole nitrogens is 1. The van der Waals surface area contributed by atoms with E-state index in [0.29, 0.717) is 5.92 Å². The van der Waals surface area contributed by atoms with Gasteiger partial charge in [0.2, 0.25) is 0 Å². The van der Waals surface area contributed by atoms with Gasteiger partial charge in [-0.3, -0.25) is 14.7 Å². The number of nitrogens with zero attached hydrogens (tertiary/aromatic N) is 7. The second-order valence-electron chi connectivity index (χ2n) is 8.16. The van der Waals surface area contributed by atoms with E-state index in [-0.39, 0.29) is 0 Å². The first-order chi connectivity index (χ1) is 14.6. The number of piperidine rings is 1. The molecule has 8 nitrogen and oxygen atoms in total. The van der Waals surface area contributed by atoms with E-state index in [9.17, 15) is 0 Å². The molecule has 154 valence electrons. The summed E-state index contributed by atoms with van der Waals surface area (Å²) in [4.78, 5) is 16.2. The van der Waals surface area contributed by atoms with Gasteiger partial charge in [-0.05, 0) is 63.5 Å². The van der Waals surface area contributed by atoms with Crippen molar-refractivity contribution in [1.82, 2.24) is 39.8 Å². The lowest BCUT2D eigenvalue weighted by molar-refractivity contribution is 0.199. The zero-order chi connectivity index (χ0) is 20.7. The molecule has 0 aromatic carbocycles. The molecule has 0 amide bonds. The van der Waals surface area contributed by atoms with Crippen LogP contribution in [-0.4, -0.2) is 52.9 Å². The molecule has 1 aliphatic heterocycles. The predicted octanol–water partition coefficient (Wildman–Crippen LogP) is 3.14. The first-order valence-corrected chi connectivity index (χ1v) is 10.4. The molecule has 0 aliphatic carbocycles. The van der Waals surface area contributed by atoms with Crippen molar-refractivity contribution in [3.05, 3.63) is 53.4 Å². The topological polar surface area (TPSA) is 88.4 Å². The molecule has 8 heteroatoms. The molecule has 0 bridgehead atoms. The maximum absolute atomic E-state index is 4.70. The van der Waals surface area contributed by atoms with Crippen LogP contribution in [0.4, 0.5) is 0 Å². The highest BCUT2D eigenvalue weighted by Crippen LogP contribution is 2.30. The quantitative estimate of drug-likeness (QED) is 0.564. The van der Waals surface area contributed by atoms with Crippen LogP contribution in [0.2, 0.25) is 0 Å². The van der Waals surface area contributed by atoms with Crippen molar-refractivity contribution in [2.75, 3.05) is 13.1 Å². The number of aromatic nitrogens is 7. The van der Waals surface area contributed by atoms with Crippen molar-refractivity contribution < 1.29 is 0 Å². The number of hydrogen-bond acceptors (Lipinski definition) is 6. The minimum atomic E-state index is 0.497. The molecule has 5 rings (SSSR count). The number of pyridine rings is 1. The molecule has 0 atom stereocenters. The average molecular weight is 403 g/mol. The first kappa shape index (κ1) is 18.9. The van der Waals surface area contributed by atoms with Gasteiger partial charge in [0, 0.05) is 30.2 Å². The third kappa shape index (κ3) is 3.47.